The molecule has 2 aromatic rings. The van der Waals surface area contributed by atoms with Crippen LogP contribution in [0.5, 0.6) is 11.5 Å². The Morgan fingerprint density at radius 2 is 1.19 bits per heavy atom. The Balaban J connectivity index is 2.41. The van der Waals surface area contributed by atoms with E-state index in [1.165, 1.54) is 0 Å². The van der Waals surface area contributed by atoms with Gasteiger partial charge in [0.1, 0.15) is 11.5 Å². The molecule has 0 aromatic heterocycles. The van der Waals surface area contributed by atoms with Crippen molar-refractivity contribution in [1.29, 1.82) is 0 Å². The lowest BCUT2D eigenvalue weighted by molar-refractivity contribution is -0.130. The SMILES string of the molecule is C=C(C)C(=O)Oc1ccc(Cl)cc1Cc1cc(Cl)ccc1OC(=O)C(=C)C. The molecular formula is C21H18Cl2O4. The van der Waals surface area contributed by atoms with Crippen LogP contribution in [0.1, 0.15) is 25.0 Å². The summed E-state index contributed by atoms with van der Waals surface area (Å²) in [6.07, 6.45) is 0.277. The van der Waals surface area contributed by atoms with E-state index in [1.54, 1.807) is 50.2 Å². The Labute approximate surface area is 168 Å². The number of hydrogen-bond donors (Lipinski definition) is 0. The smallest absolute Gasteiger partial charge is 0.338 e. The largest absolute Gasteiger partial charge is 0.423 e. The van der Waals surface area contributed by atoms with Crippen molar-refractivity contribution >= 4 is 35.1 Å². The van der Waals surface area contributed by atoms with Crippen molar-refractivity contribution in [3.05, 3.63) is 81.9 Å². The molecule has 0 spiro atoms. The average molecular weight is 405 g/mol. The van der Waals surface area contributed by atoms with Gasteiger partial charge in [-0.05, 0) is 50.2 Å². The predicted molar refractivity (Wildman–Crippen MR) is 107 cm³/mol. The van der Waals surface area contributed by atoms with Gasteiger partial charge in [0.25, 0.3) is 0 Å². The lowest BCUT2D eigenvalue weighted by Crippen LogP contribution is -2.11. The molecule has 0 aliphatic carbocycles. The van der Waals surface area contributed by atoms with E-state index in [0.717, 1.165) is 0 Å². The van der Waals surface area contributed by atoms with E-state index in [0.29, 0.717) is 32.7 Å². The molecule has 2 aromatic carbocycles. The van der Waals surface area contributed by atoms with Crippen LogP contribution in [0.4, 0.5) is 0 Å². The van der Waals surface area contributed by atoms with E-state index in [4.69, 9.17) is 32.7 Å². The van der Waals surface area contributed by atoms with E-state index in [-0.39, 0.29) is 17.6 Å². The highest BCUT2D eigenvalue weighted by Crippen LogP contribution is 2.31. The first-order chi connectivity index (χ1) is 12.7. The Hall–Kier alpha value is -2.56. The fraction of sp³-hybridized carbons (Fsp3) is 0.143. The molecule has 0 saturated heterocycles. The van der Waals surface area contributed by atoms with Crippen LogP contribution in [0.15, 0.2) is 60.7 Å². The zero-order valence-corrected chi connectivity index (χ0v) is 16.5. The summed E-state index contributed by atoms with van der Waals surface area (Å²) in [7, 11) is 0. The maximum Gasteiger partial charge on any atom is 0.338 e. The van der Waals surface area contributed by atoms with Crippen LogP contribution >= 0.6 is 23.2 Å². The summed E-state index contributed by atoms with van der Waals surface area (Å²) < 4.78 is 10.7. The molecule has 6 heteroatoms. The number of halogens is 2. The molecule has 0 unspecified atom stereocenters. The lowest BCUT2D eigenvalue weighted by atomic mass is 10.0. The average Bonchev–Trinajstić information content (AvgIpc) is 2.59. The Morgan fingerprint density at radius 1 is 0.815 bits per heavy atom. The molecule has 0 N–H and O–H groups in total. The Bertz CT molecular complexity index is 856. The second-order valence-corrected chi connectivity index (χ2v) is 6.89. The van der Waals surface area contributed by atoms with Crippen LogP contribution in [0.2, 0.25) is 10.0 Å². The highest BCUT2D eigenvalue weighted by atomic mass is 35.5. The van der Waals surface area contributed by atoms with Crippen LogP contribution in [0.3, 0.4) is 0 Å². The number of esters is 2. The van der Waals surface area contributed by atoms with E-state index in [9.17, 15) is 9.59 Å². The van der Waals surface area contributed by atoms with Gasteiger partial charge in [-0.1, -0.05) is 36.4 Å². The summed E-state index contributed by atoms with van der Waals surface area (Å²) in [5, 5.41) is 0.949. The van der Waals surface area contributed by atoms with Crippen molar-refractivity contribution in [2.45, 2.75) is 20.3 Å². The van der Waals surface area contributed by atoms with E-state index < -0.39 is 11.9 Å². The van der Waals surface area contributed by atoms with E-state index >= 15 is 0 Å². The number of carbonyl (C=O) groups is 2. The molecule has 0 atom stereocenters. The molecule has 0 saturated carbocycles. The second-order valence-electron chi connectivity index (χ2n) is 6.02. The van der Waals surface area contributed by atoms with Gasteiger partial charge in [0.15, 0.2) is 0 Å². The van der Waals surface area contributed by atoms with Crippen LogP contribution in [-0.4, -0.2) is 11.9 Å². The highest BCUT2D eigenvalue weighted by Gasteiger charge is 2.16. The molecule has 0 bridgehead atoms. The highest BCUT2D eigenvalue weighted by molar-refractivity contribution is 6.31. The van der Waals surface area contributed by atoms with Crippen LogP contribution in [0, 0.1) is 0 Å². The minimum Gasteiger partial charge on any atom is -0.423 e. The van der Waals surface area contributed by atoms with Gasteiger partial charge in [-0.3, -0.25) is 0 Å². The Morgan fingerprint density at radius 3 is 1.52 bits per heavy atom. The predicted octanol–water partition coefficient (Wildman–Crippen LogP) is 5.55. The van der Waals surface area contributed by atoms with Gasteiger partial charge in [0, 0.05) is 38.7 Å². The van der Waals surface area contributed by atoms with Gasteiger partial charge < -0.3 is 9.47 Å². The number of ether oxygens (including phenoxy) is 2. The van der Waals surface area contributed by atoms with Crippen molar-refractivity contribution in [3.8, 4) is 11.5 Å². The zero-order chi connectivity index (χ0) is 20.1. The molecule has 0 aliphatic rings. The third-order valence-corrected chi connectivity index (χ3v) is 4.00. The normalized spacial score (nSPS) is 10.2. The number of benzene rings is 2. The van der Waals surface area contributed by atoms with Crippen molar-refractivity contribution < 1.29 is 19.1 Å². The van der Waals surface area contributed by atoms with Crippen LogP contribution in [-0.2, 0) is 16.0 Å². The molecule has 4 nitrogen and oxygen atoms in total. The fourth-order valence-corrected chi connectivity index (χ4v) is 2.54. The molecule has 0 heterocycles. The Kier molecular flexibility index (Phi) is 6.83. The van der Waals surface area contributed by atoms with Crippen molar-refractivity contribution in [3.63, 3.8) is 0 Å². The van der Waals surface area contributed by atoms with E-state index in [2.05, 4.69) is 13.2 Å². The standard InChI is InChI=1S/C21H18Cl2O4/c1-12(2)20(24)26-18-7-5-16(22)10-14(18)9-15-11-17(23)6-8-19(15)27-21(25)13(3)4/h5-8,10-11H,1,3,9H2,2,4H3. The monoisotopic (exact) mass is 404 g/mol. The molecule has 27 heavy (non-hydrogen) atoms. The minimum atomic E-state index is -0.543. The molecule has 0 radical (unpaired) electrons. The van der Waals surface area contributed by atoms with Gasteiger partial charge in [0.2, 0.25) is 0 Å². The fourth-order valence-electron chi connectivity index (χ4n) is 2.15. The van der Waals surface area contributed by atoms with Crippen LogP contribution < -0.4 is 9.47 Å². The molecule has 2 rings (SSSR count). The molecule has 140 valence electrons. The topological polar surface area (TPSA) is 52.6 Å². The summed E-state index contributed by atoms with van der Waals surface area (Å²) in [6.45, 7) is 10.3. The molecular weight excluding hydrogens is 387 g/mol. The number of rotatable bonds is 6. The molecule has 0 aliphatic heterocycles. The quantitative estimate of drug-likeness (QED) is 0.359. The van der Waals surface area contributed by atoms with Crippen molar-refractivity contribution in [1.82, 2.24) is 0 Å². The summed E-state index contributed by atoms with van der Waals surface area (Å²) in [6, 6.07) is 9.78. The van der Waals surface area contributed by atoms with E-state index in [1.807, 2.05) is 0 Å². The number of carbonyl (C=O) groups excluding carboxylic acids is 2. The first-order valence-corrected chi connectivity index (χ1v) is 8.75. The van der Waals surface area contributed by atoms with Crippen molar-refractivity contribution in [2.24, 2.45) is 0 Å². The van der Waals surface area contributed by atoms with Gasteiger partial charge in [-0.25, -0.2) is 9.59 Å². The molecule has 0 amide bonds. The second kappa shape index (κ2) is 8.89. The lowest BCUT2D eigenvalue weighted by Gasteiger charge is -2.14. The van der Waals surface area contributed by atoms with Crippen LogP contribution in [0.25, 0.3) is 0 Å². The summed E-state index contributed by atoms with van der Waals surface area (Å²) >= 11 is 12.2. The maximum absolute atomic E-state index is 11.9. The third-order valence-electron chi connectivity index (χ3n) is 3.53. The minimum absolute atomic E-state index is 0.273. The van der Waals surface area contributed by atoms with Gasteiger partial charge in [-0.2, -0.15) is 0 Å². The maximum atomic E-state index is 11.9. The van der Waals surface area contributed by atoms with Crippen molar-refractivity contribution in [2.75, 3.05) is 0 Å². The summed E-state index contributed by atoms with van der Waals surface area (Å²) in [5.74, 6) is -0.411. The van der Waals surface area contributed by atoms with Gasteiger partial charge in [-0.15, -0.1) is 0 Å². The molecule has 0 fully saturated rings. The summed E-state index contributed by atoms with van der Waals surface area (Å²) in [4.78, 5) is 23.8. The zero-order valence-electron chi connectivity index (χ0n) is 15.0. The number of hydrogen-bond acceptors (Lipinski definition) is 4. The van der Waals surface area contributed by atoms with Gasteiger partial charge >= 0.3 is 11.9 Å². The first kappa shape index (κ1) is 20.7. The van der Waals surface area contributed by atoms with Gasteiger partial charge in [0.05, 0.1) is 0 Å². The first-order valence-electron chi connectivity index (χ1n) is 7.99. The summed E-state index contributed by atoms with van der Waals surface area (Å²) in [5.41, 5.74) is 1.81. The third kappa shape index (κ3) is 5.71.